The van der Waals surface area contributed by atoms with E-state index in [0.29, 0.717) is 22.0 Å². The van der Waals surface area contributed by atoms with Crippen molar-refractivity contribution in [3.8, 4) is 5.75 Å². The minimum absolute atomic E-state index is 0.0607. The predicted octanol–water partition coefficient (Wildman–Crippen LogP) is 4.90. The summed E-state index contributed by atoms with van der Waals surface area (Å²) in [7, 11) is 1.55. The first kappa shape index (κ1) is 16.4. The highest BCUT2D eigenvalue weighted by Crippen LogP contribution is 2.28. The summed E-state index contributed by atoms with van der Waals surface area (Å²) in [5, 5.41) is 3.37. The Hall–Kier alpha value is -2.00. The molecule has 0 saturated carbocycles. The van der Waals surface area contributed by atoms with Crippen LogP contribution in [-0.4, -0.2) is 13.0 Å². The van der Waals surface area contributed by atoms with Gasteiger partial charge >= 0.3 is 0 Å². The van der Waals surface area contributed by atoms with Gasteiger partial charge in [0.15, 0.2) is 0 Å². The Morgan fingerprint density at radius 3 is 2.27 bits per heavy atom. The summed E-state index contributed by atoms with van der Waals surface area (Å²) < 4.78 is 5.23. The predicted molar refractivity (Wildman–Crippen MR) is 91.1 cm³/mol. The molecule has 0 aliphatic carbocycles. The summed E-state index contributed by atoms with van der Waals surface area (Å²) in [6, 6.07) is 12.7. The first-order chi connectivity index (χ1) is 10.3. The Kier molecular flexibility index (Phi) is 4.77. The Bertz CT molecular complexity index is 672. The van der Waals surface area contributed by atoms with Gasteiger partial charge in [-0.2, -0.15) is 0 Å². The fraction of sp³-hybridized carbons (Fsp3) is 0.278. The van der Waals surface area contributed by atoms with Gasteiger partial charge in [0.25, 0.3) is 5.91 Å². The van der Waals surface area contributed by atoms with Gasteiger partial charge in [-0.1, -0.05) is 44.5 Å². The Balaban J connectivity index is 2.21. The van der Waals surface area contributed by atoms with Crippen LogP contribution in [0.3, 0.4) is 0 Å². The van der Waals surface area contributed by atoms with Gasteiger partial charge in [-0.3, -0.25) is 4.79 Å². The molecule has 1 N–H and O–H groups in total. The summed E-state index contributed by atoms with van der Waals surface area (Å²) in [4.78, 5) is 12.3. The first-order valence-electron chi connectivity index (χ1n) is 7.06. The van der Waals surface area contributed by atoms with Gasteiger partial charge in [0.1, 0.15) is 5.75 Å². The molecule has 0 aliphatic rings. The van der Waals surface area contributed by atoms with Crippen LogP contribution in [-0.2, 0) is 5.41 Å². The largest absolute Gasteiger partial charge is 0.495 e. The summed E-state index contributed by atoms with van der Waals surface area (Å²) in [6.07, 6.45) is 0. The van der Waals surface area contributed by atoms with Crippen molar-refractivity contribution in [1.82, 2.24) is 0 Å². The summed E-state index contributed by atoms with van der Waals surface area (Å²) in [5.41, 5.74) is 2.39. The van der Waals surface area contributed by atoms with Crippen LogP contribution in [0.25, 0.3) is 0 Å². The third-order valence-electron chi connectivity index (χ3n) is 3.42. The van der Waals surface area contributed by atoms with Crippen LogP contribution >= 0.6 is 11.6 Å². The van der Waals surface area contributed by atoms with Crippen molar-refractivity contribution in [1.29, 1.82) is 0 Å². The van der Waals surface area contributed by atoms with E-state index in [9.17, 15) is 4.79 Å². The number of rotatable bonds is 3. The third-order valence-corrected chi connectivity index (χ3v) is 3.66. The lowest BCUT2D eigenvalue weighted by Crippen LogP contribution is -2.14. The number of amides is 1. The van der Waals surface area contributed by atoms with Gasteiger partial charge in [0.05, 0.1) is 12.8 Å². The van der Waals surface area contributed by atoms with E-state index in [1.54, 1.807) is 25.3 Å². The Labute approximate surface area is 136 Å². The topological polar surface area (TPSA) is 38.3 Å². The van der Waals surface area contributed by atoms with Crippen LogP contribution in [0.5, 0.6) is 5.75 Å². The van der Waals surface area contributed by atoms with Gasteiger partial charge in [0, 0.05) is 10.6 Å². The number of methoxy groups -OCH3 is 1. The van der Waals surface area contributed by atoms with E-state index in [2.05, 4.69) is 26.1 Å². The van der Waals surface area contributed by atoms with Crippen molar-refractivity contribution in [2.45, 2.75) is 26.2 Å². The van der Waals surface area contributed by atoms with E-state index in [1.165, 1.54) is 5.56 Å². The first-order valence-corrected chi connectivity index (χ1v) is 7.44. The van der Waals surface area contributed by atoms with Crippen molar-refractivity contribution < 1.29 is 9.53 Å². The van der Waals surface area contributed by atoms with Gasteiger partial charge in [-0.05, 0) is 41.3 Å². The second kappa shape index (κ2) is 6.41. The molecule has 3 nitrogen and oxygen atoms in total. The lowest BCUT2D eigenvalue weighted by atomic mass is 9.87. The molecule has 0 fully saturated rings. The number of halogens is 1. The van der Waals surface area contributed by atoms with E-state index in [-0.39, 0.29) is 11.3 Å². The molecule has 0 heterocycles. The molecule has 0 spiro atoms. The van der Waals surface area contributed by atoms with Crippen molar-refractivity contribution in [2.75, 3.05) is 12.4 Å². The minimum atomic E-state index is -0.193. The van der Waals surface area contributed by atoms with E-state index in [0.717, 1.165) is 0 Å². The maximum atomic E-state index is 12.3. The van der Waals surface area contributed by atoms with Crippen LogP contribution < -0.4 is 10.1 Å². The number of hydrogen-bond acceptors (Lipinski definition) is 2. The van der Waals surface area contributed by atoms with Crippen LogP contribution in [0.4, 0.5) is 5.69 Å². The highest BCUT2D eigenvalue weighted by Gasteiger charge is 2.15. The second-order valence-electron chi connectivity index (χ2n) is 6.13. The molecule has 2 rings (SSSR count). The van der Waals surface area contributed by atoms with Crippen LogP contribution in [0.1, 0.15) is 36.7 Å². The van der Waals surface area contributed by atoms with E-state index in [4.69, 9.17) is 16.3 Å². The molecule has 4 heteroatoms. The SMILES string of the molecule is COc1ccc(Cl)cc1NC(=O)c1ccc(C(C)(C)C)cc1. The average molecular weight is 318 g/mol. The number of carbonyl (C=O) groups is 1. The van der Waals surface area contributed by atoms with Crippen molar-refractivity contribution in [3.63, 3.8) is 0 Å². The monoisotopic (exact) mass is 317 g/mol. The van der Waals surface area contributed by atoms with Crippen molar-refractivity contribution in [2.24, 2.45) is 0 Å². The second-order valence-corrected chi connectivity index (χ2v) is 6.56. The van der Waals surface area contributed by atoms with Crippen LogP contribution in [0.15, 0.2) is 42.5 Å². The normalized spacial score (nSPS) is 11.1. The number of ether oxygens (including phenoxy) is 1. The van der Waals surface area contributed by atoms with Crippen molar-refractivity contribution in [3.05, 3.63) is 58.6 Å². The Morgan fingerprint density at radius 1 is 1.09 bits per heavy atom. The number of anilines is 1. The summed E-state index contributed by atoms with van der Waals surface area (Å²) >= 11 is 5.97. The zero-order valence-electron chi connectivity index (χ0n) is 13.2. The average Bonchev–Trinajstić information content (AvgIpc) is 2.46. The highest BCUT2D eigenvalue weighted by molar-refractivity contribution is 6.31. The molecule has 0 bridgehead atoms. The Morgan fingerprint density at radius 2 is 1.73 bits per heavy atom. The fourth-order valence-electron chi connectivity index (χ4n) is 2.09. The minimum Gasteiger partial charge on any atom is -0.495 e. The van der Waals surface area contributed by atoms with E-state index >= 15 is 0 Å². The lowest BCUT2D eigenvalue weighted by molar-refractivity contribution is 0.102. The molecular formula is C18H20ClNO2. The maximum Gasteiger partial charge on any atom is 0.255 e. The molecule has 0 saturated heterocycles. The number of hydrogen-bond donors (Lipinski definition) is 1. The molecule has 2 aromatic rings. The third kappa shape index (κ3) is 3.80. The molecule has 0 aromatic heterocycles. The molecule has 0 radical (unpaired) electrons. The molecule has 2 aromatic carbocycles. The zero-order valence-corrected chi connectivity index (χ0v) is 14.0. The summed E-state index contributed by atoms with van der Waals surface area (Å²) in [5.74, 6) is 0.380. The zero-order chi connectivity index (χ0) is 16.3. The quantitative estimate of drug-likeness (QED) is 0.874. The summed E-state index contributed by atoms with van der Waals surface area (Å²) in [6.45, 7) is 6.41. The number of nitrogens with one attached hydrogen (secondary N) is 1. The van der Waals surface area contributed by atoms with Gasteiger partial charge < -0.3 is 10.1 Å². The van der Waals surface area contributed by atoms with Gasteiger partial charge in [0.2, 0.25) is 0 Å². The highest BCUT2D eigenvalue weighted by atomic mass is 35.5. The van der Waals surface area contributed by atoms with Gasteiger partial charge in [-0.25, -0.2) is 0 Å². The van der Waals surface area contributed by atoms with Crippen LogP contribution in [0, 0.1) is 0 Å². The van der Waals surface area contributed by atoms with E-state index < -0.39 is 0 Å². The van der Waals surface area contributed by atoms with Crippen LogP contribution in [0.2, 0.25) is 5.02 Å². The van der Waals surface area contributed by atoms with Gasteiger partial charge in [-0.15, -0.1) is 0 Å². The molecule has 0 atom stereocenters. The molecular weight excluding hydrogens is 298 g/mol. The number of carbonyl (C=O) groups excluding carboxylic acids is 1. The number of benzene rings is 2. The molecule has 0 unspecified atom stereocenters. The molecule has 22 heavy (non-hydrogen) atoms. The van der Waals surface area contributed by atoms with Crippen molar-refractivity contribution >= 4 is 23.2 Å². The lowest BCUT2D eigenvalue weighted by Gasteiger charge is -2.19. The molecule has 116 valence electrons. The maximum absolute atomic E-state index is 12.3. The standard InChI is InChI=1S/C18H20ClNO2/c1-18(2,3)13-7-5-12(6-8-13)17(21)20-15-11-14(19)9-10-16(15)22-4/h5-11H,1-4H3,(H,20,21). The van der Waals surface area contributed by atoms with E-state index in [1.807, 2.05) is 24.3 Å². The smallest absolute Gasteiger partial charge is 0.255 e. The molecule has 1 amide bonds. The fourth-order valence-corrected chi connectivity index (χ4v) is 2.27. The molecule has 0 aliphatic heterocycles.